The lowest BCUT2D eigenvalue weighted by Crippen LogP contribution is -2.24. The minimum Gasteiger partial charge on any atom is -0.467 e. The summed E-state index contributed by atoms with van der Waals surface area (Å²) in [5.74, 6) is 0.241. The van der Waals surface area contributed by atoms with E-state index in [1.54, 1.807) is 42.7 Å². The Bertz CT molecular complexity index is 611. The summed E-state index contributed by atoms with van der Waals surface area (Å²) in [6.07, 6.45) is 1.77. The van der Waals surface area contributed by atoms with Gasteiger partial charge in [-0.2, -0.15) is 0 Å². The van der Waals surface area contributed by atoms with Crippen molar-refractivity contribution in [1.29, 1.82) is 0 Å². The second-order valence-electron chi connectivity index (χ2n) is 4.41. The van der Waals surface area contributed by atoms with Gasteiger partial charge in [0.05, 0.1) is 12.8 Å². The van der Waals surface area contributed by atoms with Gasteiger partial charge in [-0.25, -0.2) is 0 Å². The van der Waals surface area contributed by atoms with E-state index < -0.39 is 0 Å². The van der Waals surface area contributed by atoms with Gasteiger partial charge in [0.15, 0.2) is 0 Å². The van der Waals surface area contributed by atoms with Crippen LogP contribution < -0.4 is 10.6 Å². The number of nitrogens with one attached hydrogen (secondary N) is 2. The van der Waals surface area contributed by atoms with Crippen LogP contribution in [0.15, 0.2) is 47.1 Å². The molecule has 0 aliphatic carbocycles. The first kappa shape index (κ1) is 15.1. The third kappa shape index (κ3) is 5.31. The van der Waals surface area contributed by atoms with Crippen LogP contribution >= 0.6 is 11.6 Å². The summed E-state index contributed by atoms with van der Waals surface area (Å²) < 4.78 is 5.09. The SMILES string of the molecule is O=C(CCC(=O)Nc1cccc(Cl)c1)NCc1ccco1. The van der Waals surface area contributed by atoms with Crippen molar-refractivity contribution in [3.05, 3.63) is 53.4 Å². The molecule has 0 aliphatic rings. The molecular weight excluding hydrogens is 292 g/mol. The van der Waals surface area contributed by atoms with Gasteiger partial charge in [0.2, 0.25) is 11.8 Å². The molecule has 2 rings (SSSR count). The van der Waals surface area contributed by atoms with Crippen molar-refractivity contribution in [2.75, 3.05) is 5.32 Å². The number of carbonyl (C=O) groups is 2. The molecule has 2 N–H and O–H groups in total. The van der Waals surface area contributed by atoms with Gasteiger partial charge in [-0.15, -0.1) is 0 Å². The molecule has 0 radical (unpaired) electrons. The van der Waals surface area contributed by atoms with E-state index in [9.17, 15) is 9.59 Å². The average Bonchev–Trinajstić information content (AvgIpc) is 2.96. The summed E-state index contributed by atoms with van der Waals surface area (Å²) in [4.78, 5) is 23.3. The molecule has 0 unspecified atom stereocenters. The van der Waals surface area contributed by atoms with Gasteiger partial charge in [-0.1, -0.05) is 17.7 Å². The lowest BCUT2D eigenvalue weighted by atomic mass is 10.2. The van der Waals surface area contributed by atoms with Gasteiger partial charge < -0.3 is 15.1 Å². The van der Waals surface area contributed by atoms with Crippen molar-refractivity contribution < 1.29 is 14.0 Å². The second-order valence-corrected chi connectivity index (χ2v) is 4.85. The molecular formula is C15H15ClN2O3. The van der Waals surface area contributed by atoms with E-state index in [0.717, 1.165) is 0 Å². The molecule has 5 nitrogen and oxygen atoms in total. The molecule has 0 aliphatic heterocycles. The summed E-state index contributed by atoms with van der Waals surface area (Å²) in [5, 5.41) is 5.91. The van der Waals surface area contributed by atoms with E-state index in [-0.39, 0.29) is 24.7 Å². The van der Waals surface area contributed by atoms with Crippen LogP contribution in [0.3, 0.4) is 0 Å². The highest BCUT2D eigenvalue weighted by molar-refractivity contribution is 6.30. The smallest absolute Gasteiger partial charge is 0.224 e. The van der Waals surface area contributed by atoms with Crippen molar-refractivity contribution in [2.24, 2.45) is 0 Å². The highest BCUT2D eigenvalue weighted by atomic mass is 35.5. The molecule has 110 valence electrons. The molecule has 1 heterocycles. The Morgan fingerprint density at radius 1 is 1.10 bits per heavy atom. The molecule has 1 aromatic carbocycles. The molecule has 21 heavy (non-hydrogen) atoms. The Morgan fingerprint density at radius 3 is 2.62 bits per heavy atom. The molecule has 0 saturated carbocycles. The summed E-state index contributed by atoms with van der Waals surface area (Å²) in [6.45, 7) is 0.321. The number of halogens is 1. The summed E-state index contributed by atoms with van der Waals surface area (Å²) in [5.41, 5.74) is 0.614. The van der Waals surface area contributed by atoms with Crippen molar-refractivity contribution in [3.8, 4) is 0 Å². The van der Waals surface area contributed by atoms with Gasteiger partial charge in [0.1, 0.15) is 5.76 Å². The molecule has 1 aromatic heterocycles. The number of hydrogen-bond acceptors (Lipinski definition) is 3. The zero-order chi connectivity index (χ0) is 15.1. The Balaban J connectivity index is 1.69. The summed E-state index contributed by atoms with van der Waals surface area (Å²) in [7, 11) is 0. The highest BCUT2D eigenvalue weighted by Gasteiger charge is 2.08. The highest BCUT2D eigenvalue weighted by Crippen LogP contribution is 2.15. The fourth-order valence-electron chi connectivity index (χ4n) is 1.70. The standard InChI is InChI=1S/C15H15ClN2O3/c16-11-3-1-4-12(9-11)18-15(20)7-6-14(19)17-10-13-5-2-8-21-13/h1-5,8-9H,6-7,10H2,(H,17,19)(H,18,20). The maximum atomic E-state index is 11.7. The van der Waals surface area contributed by atoms with Crippen LogP contribution in [0.1, 0.15) is 18.6 Å². The molecule has 0 bridgehead atoms. The van der Waals surface area contributed by atoms with E-state index in [1.807, 2.05) is 0 Å². The van der Waals surface area contributed by atoms with Crippen molar-refractivity contribution in [2.45, 2.75) is 19.4 Å². The van der Waals surface area contributed by atoms with Crippen LogP contribution in [-0.4, -0.2) is 11.8 Å². The first-order chi connectivity index (χ1) is 10.1. The lowest BCUT2D eigenvalue weighted by molar-refractivity contribution is -0.124. The number of amides is 2. The summed E-state index contributed by atoms with van der Waals surface area (Å²) >= 11 is 5.82. The van der Waals surface area contributed by atoms with E-state index >= 15 is 0 Å². The minimum atomic E-state index is -0.231. The number of benzene rings is 1. The van der Waals surface area contributed by atoms with E-state index in [2.05, 4.69) is 10.6 Å². The van der Waals surface area contributed by atoms with Gasteiger partial charge >= 0.3 is 0 Å². The number of rotatable bonds is 6. The van der Waals surface area contributed by atoms with Gasteiger partial charge in [0.25, 0.3) is 0 Å². The quantitative estimate of drug-likeness (QED) is 0.862. The number of hydrogen-bond donors (Lipinski definition) is 2. The third-order valence-electron chi connectivity index (χ3n) is 2.73. The van der Waals surface area contributed by atoms with E-state index in [4.69, 9.17) is 16.0 Å². The number of anilines is 1. The van der Waals surface area contributed by atoms with Crippen molar-refractivity contribution in [1.82, 2.24) is 5.32 Å². The Hall–Kier alpha value is -2.27. The first-order valence-electron chi connectivity index (χ1n) is 6.48. The Kier molecular flexibility index (Phi) is 5.40. The van der Waals surface area contributed by atoms with Crippen LogP contribution in [0.25, 0.3) is 0 Å². The molecule has 6 heteroatoms. The Morgan fingerprint density at radius 2 is 1.90 bits per heavy atom. The zero-order valence-electron chi connectivity index (χ0n) is 11.3. The average molecular weight is 307 g/mol. The van der Waals surface area contributed by atoms with Gasteiger partial charge in [-0.3, -0.25) is 9.59 Å². The van der Waals surface area contributed by atoms with Crippen molar-refractivity contribution >= 4 is 29.1 Å². The normalized spacial score (nSPS) is 10.1. The predicted octanol–water partition coefficient (Wildman–Crippen LogP) is 2.97. The zero-order valence-corrected chi connectivity index (χ0v) is 12.0. The maximum Gasteiger partial charge on any atom is 0.224 e. The largest absolute Gasteiger partial charge is 0.467 e. The molecule has 0 spiro atoms. The monoisotopic (exact) mass is 306 g/mol. The topological polar surface area (TPSA) is 71.3 Å². The fourth-order valence-corrected chi connectivity index (χ4v) is 1.89. The second kappa shape index (κ2) is 7.50. The molecule has 0 atom stereocenters. The first-order valence-corrected chi connectivity index (χ1v) is 6.86. The van der Waals surface area contributed by atoms with Gasteiger partial charge in [-0.05, 0) is 30.3 Å². The Labute approximate surface area is 127 Å². The molecule has 0 saturated heterocycles. The summed E-state index contributed by atoms with van der Waals surface area (Å²) in [6, 6.07) is 10.4. The molecule has 2 aromatic rings. The molecule has 0 fully saturated rings. The number of carbonyl (C=O) groups excluding carboxylic acids is 2. The minimum absolute atomic E-state index is 0.108. The molecule has 2 amide bonds. The van der Waals surface area contributed by atoms with E-state index in [0.29, 0.717) is 23.0 Å². The van der Waals surface area contributed by atoms with Crippen LogP contribution in [0.4, 0.5) is 5.69 Å². The van der Waals surface area contributed by atoms with Crippen molar-refractivity contribution in [3.63, 3.8) is 0 Å². The third-order valence-corrected chi connectivity index (χ3v) is 2.96. The van der Waals surface area contributed by atoms with Crippen LogP contribution in [-0.2, 0) is 16.1 Å². The van der Waals surface area contributed by atoms with Crippen LogP contribution in [0, 0.1) is 0 Å². The lowest BCUT2D eigenvalue weighted by Gasteiger charge is -2.06. The fraction of sp³-hybridized carbons (Fsp3) is 0.200. The van der Waals surface area contributed by atoms with E-state index in [1.165, 1.54) is 0 Å². The maximum absolute atomic E-state index is 11.7. The predicted molar refractivity (Wildman–Crippen MR) is 79.9 cm³/mol. The van der Waals surface area contributed by atoms with Gasteiger partial charge in [0, 0.05) is 23.6 Å². The van der Waals surface area contributed by atoms with Crippen LogP contribution in [0.2, 0.25) is 5.02 Å². The van der Waals surface area contributed by atoms with Crippen LogP contribution in [0.5, 0.6) is 0 Å². The number of furan rings is 1.